The van der Waals surface area contributed by atoms with Crippen molar-refractivity contribution in [1.82, 2.24) is 10.2 Å². The highest BCUT2D eigenvalue weighted by atomic mass is 32.2. The number of carbonyl (C=O) groups is 2. The molecule has 7 nitrogen and oxygen atoms in total. The number of sulfonamides is 1. The number of carbonyl (C=O) groups excluding carboxylic acids is 2. The van der Waals surface area contributed by atoms with Crippen LogP contribution < -0.4 is 9.62 Å². The van der Waals surface area contributed by atoms with Gasteiger partial charge in [0.05, 0.1) is 11.9 Å². The van der Waals surface area contributed by atoms with Gasteiger partial charge in [-0.15, -0.1) is 0 Å². The van der Waals surface area contributed by atoms with Crippen LogP contribution in [0.25, 0.3) is 0 Å². The van der Waals surface area contributed by atoms with Crippen LogP contribution in [0.2, 0.25) is 0 Å². The second-order valence-corrected chi connectivity index (χ2v) is 12.3. The molecule has 0 aromatic heterocycles. The van der Waals surface area contributed by atoms with Gasteiger partial charge in [-0.25, -0.2) is 12.8 Å². The maximum absolute atomic E-state index is 14.1. The average Bonchev–Trinajstić information content (AvgIpc) is 3.43. The molecular formula is C31H36FN3O4S. The molecule has 0 saturated heterocycles. The van der Waals surface area contributed by atoms with Crippen molar-refractivity contribution in [3.05, 3.63) is 101 Å². The smallest absolute Gasteiger partial charge is 0.244 e. The van der Waals surface area contributed by atoms with Crippen LogP contribution in [-0.4, -0.2) is 50.0 Å². The summed E-state index contributed by atoms with van der Waals surface area (Å²) in [5, 5.41) is 3.13. The topological polar surface area (TPSA) is 86.8 Å². The minimum atomic E-state index is -3.84. The summed E-state index contributed by atoms with van der Waals surface area (Å²) in [7, 11) is -3.84. The molecule has 0 aliphatic heterocycles. The molecule has 1 atom stereocenters. The van der Waals surface area contributed by atoms with Crippen molar-refractivity contribution in [3.63, 3.8) is 0 Å². The van der Waals surface area contributed by atoms with Crippen molar-refractivity contribution < 1.29 is 22.4 Å². The zero-order valence-corrected chi connectivity index (χ0v) is 23.7. The van der Waals surface area contributed by atoms with Gasteiger partial charge in [-0.2, -0.15) is 0 Å². The summed E-state index contributed by atoms with van der Waals surface area (Å²) >= 11 is 0. The number of anilines is 1. The number of nitrogens with one attached hydrogen (secondary N) is 1. The van der Waals surface area contributed by atoms with E-state index in [-0.39, 0.29) is 24.9 Å². The maximum atomic E-state index is 14.1. The fourth-order valence-electron chi connectivity index (χ4n) is 5.15. The van der Waals surface area contributed by atoms with Crippen molar-refractivity contribution in [1.29, 1.82) is 0 Å². The normalized spacial score (nSPS) is 14.5. The summed E-state index contributed by atoms with van der Waals surface area (Å²) in [5.41, 5.74) is 2.59. The van der Waals surface area contributed by atoms with E-state index in [2.05, 4.69) is 5.32 Å². The van der Waals surface area contributed by atoms with Crippen molar-refractivity contribution >= 4 is 27.5 Å². The Hall–Kier alpha value is -3.72. The Balaban J connectivity index is 1.72. The molecule has 1 fully saturated rings. The molecule has 1 aliphatic carbocycles. The van der Waals surface area contributed by atoms with E-state index in [4.69, 9.17) is 0 Å². The van der Waals surface area contributed by atoms with Gasteiger partial charge in [-0.3, -0.25) is 13.9 Å². The van der Waals surface area contributed by atoms with Gasteiger partial charge in [-0.05, 0) is 54.7 Å². The molecule has 0 radical (unpaired) electrons. The molecule has 2 amide bonds. The van der Waals surface area contributed by atoms with Crippen molar-refractivity contribution in [2.75, 3.05) is 17.1 Å². The molecule has 3 aromatic carbocycles. The van der Waals surface area contributed by atoms with Crippen LogP contribution in [0.5, 0.6) is 0 Å². The van der Waals surface area contributed by atoms with Crippen LogP contribution >= 0.6 is 0 Å². The fraction of sp³-hybridized carbons (Fsp3) is 0.355. The van der Waals surface area contributed by atoms with E-state index in [1.165, 1.54) is 17.0 Å². The number of hydrogen-bond acceptors (Lipinski definition) is 4. The number of amides is 2. The lowest BCUT2D eigenvalue weighted by Gasteiger charge is -2.34. The molecule has 9 heteroatoms. The monoisotopic (exact) mass is 565 g/mol. The molecule has 0 heterocycles. The highest BCUT2D eigenvalue weighted by Gasteiger charge is 2.34. The summed E-state index contributed by atoms with van der Waals surface area (Å²) in [5.74, 6) is -1.22. The minimum Gasteiger partial charge on any atom is -0.352 e. The molecule has 0 unspecified atom stereocenters. The molecule has 1 aliphatic rings. The standard InChI is InChI=1S/C31H36FN3O4S/c1-23-10-6-9-15-28(23)35(40(2,38)39)22-30(36)34(21-25-16-18-26(32)19-17-25)29(20-24-11-4-3-5-12-24)31(37)33-27-13-7-8-14-27/h3-6,9-12,15-19,27,29H,7-8,13-14,20-22H2,1-2H3,(H,33,37)/t29-/m1/s1. The Morgan fingerprint density at radius 2 is 1.55 bits per heavy atom. The predicted octanol–water partition coefficient (Wildman–Crippen LogP) is 4.60. The Morgan fingerprint density at radius 3 is 2.17 bits per heavy atom. The first kappa shape index (κ1) is 29.3. The zero-order valence-electron chi connectivity index (χ0n) is 22.9. The lowest BCUT2D eigenvalue weighted by atomic mass is 10.0. The molecule has 0 bridgehead atoms. The zero-order chi connectivity index (χ0) is 28.7. The van der Waals surface area contributed by atoms with Gasteiger partial charge >= 0.3 is 0 Å². The first-order valence-corrected chi connectivity index (χ1v) is 15.4. The summed E-state index contributed by atoms with van der Waals surface area (Å²) < 4.78 is 40.6. The Bertz CT molecular complexity index is 1410. The summed E-state index contributed by atoms with van der Waals surface area (Å²) in [6, 6.07) is 21.2. The summed E-state index contributed by atoms with van der Waals surface area (Å²) in [6.45, 7) is 1.31. The van der Waals surface area contributed by atoms with Crippen LogP contribution in [-0.2, 0) is 32.6 Å². The van der Waals surface area contributed by atoms with E-state index in [9.17, 15) is 22.4 Å². The van der Waals surface area contributed by atoms with E-state index in [0.29, 0.717) is 16.8 Å². The molecule has 40 heavy (non-hydrogen) atoms. The number of aryl methyl sites for hydroxylation is 1. The highest BCUT2D eigenvalue weighted by molar-refractivity contribution is 7.92. The van der Waals surface area contributed by atoms with E-state index < -0.39 is 34.3 Å². The van der Waals surface area contributed by atoms with Gasteiger partial charge in [-0.1, -0.05) is 73.5 Å². The van der Waals surface area contributed by atoms with Crippen LogP contribution in [0.4, 0.5) is 10.1 Å². The highest BCUT2D eigenvalue weighted by Crippen LogP contribution is 2.24. The predicted molar refractivity (Wildman–Crippen MR) is 155 cm³/mol. The first-order valence-electron chi connectivity index (χ1n) is 13.5. The second kappa shape index (κ2) is 13.1. The van der Waals surface area contributed by atoms with E-state index >= 15 is 0 Å². The van der Waals surface area contributed by atoms with E-state index in [0.717, 1.165) is 41.8 Å². The van der Waals surface area contributed by atoms with Crippen molar-refractivity contribution in [2.24, 2.45) is 0 Å². The molecule has 212 valence electrons. The Kier molecular flexibility index (Phi) is 9.58. The molecule has 0 spiro atoms. The number of para-hydroxylation sites is 1. The number of rotatable bonds is 11. The quantitative estimate of drug-likeness (QED) is 0.368. The number of nitrogens with zero attached hydrogens (tertiary/aromatic N) is 2. The van der Waals surface area contributed by atoms with Gasteiger partial charge in [0.25, 0.3) is 0 Å². The second-order valence-electron chi connectivity index (χ2n) is 10.4. The van der Waals surface area contributed by atoms with Crippen LogP contribution in [0.15, 0.2) is 78.9 Å². The third kappa shape index (κ3) is 7.69. The maximum Gasteiger partial charge on any atom is 0.244 e. The van der Waals surface area contributed by atoms with Gasteiger partial charge in [0.2, 0.25) is 21.8 Å². The third-order valence-electron chi connectivity index (χ3n) is 7.30. The third-order valence-corrected chi connectivity index (χ3v) is 8.43. The van der Waals surface area contributed by atoms with Crippen molar-refractivity contribution in [3.8, 4) is 0 Å². The molecule has 3 aromatic rings. The molecule has 1 saturated carbocycles. The van der Waals surface area contributed by atoms with Crippen molar-refractivity contribution in [2.45, 2.75) is 57.7 Å². The average molecular weight is 566 g/mol. The molecule has 1 N–H and O–H groups in total. The van der Waals surface area contributed by atoms with Gasteiger partial charge in [0.1, 0.15) is 18.4 Å². The summed E-state index contributed by atoms with van der Waals surface area (Å²) in [4.78, 5) is 29.3. The van der Waals surface area contributed by atoms with Crippen LogP contribution in [0.1, 0.15) is 42.4 Å². The van der Waals surface area contributed by atoms with Gasteiger partial charge in [0, 0.05) is 19.0 Å². The Morgan fingerprint density at radius 1 is 0.925 bits per heavy atom. The summed E-state index contributed by atoms with van der Waals surface area (Å²) in [6.07, 6.45) is 5.13. The lowest BCUT2D eigenvalue weighted by Crippen LogP contribution is -2.54. The number of benzene rings is 3. The SMILES string of the molecule is Cc1ccccc1N(CC(=O)N(Cc1ccc(F)cc1)[C@H](Cc1ccccc1)C(=O)NC1CCCC1)S(C)(=O)=O. The minimum absolute atomic E-state index is 0.0140. The Labute approximate surface area is 236 Å². The van der Waals surface area contributed by atoms with Crippen LogP contribution in [0, 0.1) is 12.7 Å². The van der Waals surface area contributed by atoms with E-state index in [1.54, 1.807) is 43.3 Å². The lowest BCUT2D eigenvalue weighted by molar-refractivity contribution is -0.140. The molecular weight excluding hydrogens is 529 g/mol. The fourth-order valence-corrected chi connectivity index (χ4v) is 6.05. The number of halogens is 1. The number of hydrogen-bond donors (Lipinski definition) is 1. The van der Waals surface area contributed by atoms with Gasteiger partial charge in [0.15, 0.2) is 0 Å². The van der Waals surface area contributed by atoms with Gasteiger partial charge < -0.3 is 10.2 Å². The first-order chi connectivity index (χ1) is 19.1. The van der Waals surface area contributed by atoms with Crippen LogP contribution in [0.3, 0.4) is 0 Å². The van der Waals surface area contributed by atoms with E-state index in [1.807, 2.05) is 30.3 Å². The largest absolute Gasteiger partial charge is 0.352 e. The molecule has 4 rings (SSSR count).